The molecule has 0 amide bonds. The van der Waals surface area contributed by atoms with E-state index in [0.717, 1.165) is 9.35 Å². The smallest absolute Gasteiger partial charge is 0.193 e. The fraction of sp³-hybridized carbons (Fsp3) is 0. The largest absolute Gasteiger partial charge is 0.380 e. The Bertz CT molecular complexity index is 437. The van der Waals surface area contributed by atoms with Crippen LogP contribution in [0.1, 0.15) is 0 Å². The first-order valence-electron chi connectivity index (χ1n) is 3.43. The number of anilines is 1. The van der Waals surface area contributed by atoms with Crippen LogP contribution in [0.5, 0.6) is 0 Å². The highest BCUT2D eigenvalue weighted by molar-refractivity contribution is 9.10. The quantitative estimate of drug-likeness (QED) is 0.830. The molecular formula is C7H5BrFN3S. The Morgan fingerprint density at radius 2 is 2.38 bits per heavy atom. The van der Waals surface area contributed by atoms with E-state index < -0.39 is 5.82 Å². The minimum Gasteiger partial charge on any atom is -0.380 e. The molecule has 6 heteroatoms. The van der Waals surface area contributed by atoms with E-state index in [-0.39, 0.29) is 5.82 Å². The van der Waals surface area contributed by atoms with Crippen molar-refractivity contribution in [2.45, 2.75) is 0 Å². The van der Waals surface area contributed by atoms with Gasteiger partial charge in [0.15, 0.2) is 11.6 Å². The topological polar surface area (TPSA) is 54.7 Å². The Morgan fingerprint density at radius 3 is 2.85 bits per heavy atom. The van der Waals surface area contributed by atoms with Crippen molar-refractivity contribution in [2.75, 3.05) is 5.73 Å². The summed E-state index contributed by atoms with van der Waals surface area (Å²) in [6.07, 6.45) is 0. The van der Waals surface area contributed by atoms with Crippen molar-refractivity contribution in [2.24, 2.45) is 0 Å². The molecule has 0 aliphatic carbocycles. The predicted octanol–water partition coefficient (Wildman–Crippen LogP) is 2.62. The number of hydrogen-bond donors (Lipinski definition) is 2. The standard InChI is InChI=1S/C7H5BrFN3S/c8-3-1-2-13-6(3)5-4(9)7(10)12-11-5/h1-2H,(H3,10,11,12). The molecule has 13 heavy (non-hydrogen) atoms. The highest BCUT2D eigenvalue weighted by Crippen LogP contribution is 2.34. The van der Waals surface area contributed by atoms with Crippen LogP contribution >= 0.6 is 27.3 Å². The van der Waals surface area contributed by atoms with E-state index in [2.05, 4.69) is 26.1 Å². The van der Waals surface area contributed by atoms with Crippen LogP contribution in [0.25, 0.3) is 10.6 Å². The normalized spacial score (nSPS) is 10.6. The second-order valence-electron chi connectivity index (χ2n) is 2.40. The van der Waals surface area contributed by atoms with Gasteiger partial charge in [0.1, 0.15) is 5.69 Å². The fourth-order valence-corrected chi connectivity index (χ4v) is 2.52. The van der Waals surface area contributed by atoms with Crippen LogP contribution < -0.4 is 5.73 Å². The van der Waals surface area contributed by atoms with Gasteiger partial charge in [0.2, 0.25) is 0 Å². The van der Waals surface area contributed by atoms with Crippen LogP contribution in [0.2, 0.25) is 0 Å². The molecule has 0 aliphatic heterocycles. The first-order chi connectivity index (χ1) is 6.20. The molecule has 0 aliphatic rings. The second-order valence-corrected chi connectivity index (χ2v) is 4.17. The number of rotatable bonds is 1. The average Bonchev–Trinajstić information content (AvgIpc) is 2.62. The molecule has 0 radical (unpaired) electrons. The van der Waals surface area contributed by atoms with Gasteiger partial charge in [-0.2, -0.15) is 5.10 Å². The molecule has 0 saturated carbocycles. The molecule has 2 heterocycles. The van der Waals surface area contributed by atoms with Crippen molar-refractivity contribution in [3.05, 3.63) is 21.7 Å². The van der Waals surface area contributed by atoms with Gasteiger partial charge in [-0.25, -0.2) is 4.39 Å². The highest BCUT2D eigenvalue weighted by atomic mass is 79.9. The zero-order valence-corrected chi connectivity index (χ0v) is 8.75. The summed E-state index contributed by atoms with van der Waals surface area (Å²) in [5.74, 6) is -0.599. The molecule has 0 saturated heterocycles. The van der Waals surface area contributed by atoms with Crippen LogP contribution in [0.15, 0.2) is 15.9 Å². The van der Waals surface area contributed by atoms with Crippen molar-refractivity contribution in [1.29, 1.82) is 0 Å². The lowest BCUT2D eigenvalue weighted by Crippen LogP contribution is -1.86. The maximum atomic E-state index is 13.3. The van der Waals surface area contributed by atoms with Crippen LogP contribution in [0, 0.1) is 5.82 Å². The van der Waals surface area contributed by atoms with Crippen molar-refractivity contribution in [3.63, 3.8) is 0 Å². The number of hydrogen-bond acceptors (Lipinski definition) is 3. The number of aromatic nitrogens is 2. The van der Waals surface area contributed by atoms with Gasteiger partial charge in [-0.1, -0.05) is 0 Å². The first kappa shape index (κ1) is 8.71. The molecule has 0 spiro atoms. The third kappa shape index (κ3) is 1.36. The van der Waals surface area contributed by atoms with E-state index in [1.54, 1.807) is 0 Å². The molecule has 0 atom stereocenters. The zero-order valence-electron chi connectivity index (χ0n) is 6.34. The van der Waals surface area contributed by atoms with Gasteiger partial charge in [-0.15, -0.1) is 11.3 Å². The summed E-state index contributed by atoms with van der Waals surface area (Å²) in [7, 11) is 0. The lowest BCUT2D eigenvalue weighted by Gasteiger charge is -1.92. The maximum Gasteiger partial charge on any atom is 0.193 e. The lowest BCUT2D eigenvalue weighted by atomic mass is 10.3. The summed E-state index contributed by atoms with van der Waals surface area (Å²) < 4.78 is 14.1. The Labute approximate surface area is 85.9 Å². The fourth-order valence-electron chi connectivity index (χ4n) is 0.965. The lowest BCUT2D eigenvalue weighted by molar-refractivity contribution is 0.637. The summed E-state index contributed by atoms with van der Waals surface area (Å²) in [6, 6.07) is 1.84. The van der Waals surface area contributed by atoms with Gasteiger partial charge in [0.25, 0.3) is 0 Å². The Balaban J connectivity index is 2.59. The number of nitrogens with zero attached hydrogens (tertiary/aromatic N) is 1. The summed E-state index contributed by atoms with van der Waals surface area (Å²) in [6.45, 7) is 0. The molecule has 68 valence electrons. The van der Waals surface area contributed by atoms with Gasteiger partial charge in [-0.05, 0) is 27.4 Å². The van der Waals surface area contributed by atoms with Crippen molar-refractivity contribution >= 4 is 33.1 Å². The van der Waals surface area contributed by atoms with E-state index in [1.807, 2.05) is 11.4 Å². The Morgan fingerprint density at radius 1 is 1.62 bits per heavy atom. The van der Waals surface area contributed by atoms with Gasteiger partial charge >= 0.3 is 0 Å². The number of thiophene rings is 1. The minimum absolute atomic E-state index is 0.102. The predicted molar refractivity (Wildman–Crippen MR) is 54.0 cm³/mol. The molecular weight excluding hydrogens is 257 g/mol. The Kier molecular flexibility index (Phi) is 2.09. The molecule has 0 bridgehead atoms. The highest BCUT2D eigenvalue weighted by Gasteiger charge is 2.15. The van der Waals surface area contributed by atoms with Gasteiger partial charge in [0, 0.05) is 4.47 Å². The molecule has 0 unspecified atom stereocenters. The summed E-state index contributed by atoms with van der Waals surface area (Å²) in [5.41, 5.74) is 5.60. The first-order valence-corrected chi connectivity index (χ1v) is 5.10. The molecule has 0 aromatic carbocycles. The van der Waals surface area contributed by atoms with E-state index in [1.165, 1.54) is 11.3 Å². The number of nitrogens with two attached hydrogens (primary N) is 1. The Hall–Kier alpha value is -0.880. The molecule has 2 rings (SSSR count). The van der Waals surface area contributed by atoms with Crippen molar-refractivity contribution in [1.82, 2.24) is 10.2 Å². The third-order valence-corrected chi connectivity index (χ3v) is 3.43. The van der Waals surface area contributed by atoms with Crippen molar-refractivity contribution in [3.8, 4) is 10.6 Å². The van der Waals surface area contributed by atoms with Crippen LogP contribution in [0.4, 0.5) is 10.2 Å². The van der Waals surface area contributed by atoms with Gasteiger partial charge in [0.05, 0.1) is 4.88 Å². The van der Waals surface area contributed by atoms with Crippen LogP contribution in [-0.4, -0.2) is 10.2 Å². The van der Waals surface area contributed by atoms with E-state index in [9.17, 15) is 4.39 Å². The molecule has 3 N–H and O–H groups in total. The van der Waals surface area contributed by atoms with E-state index in [4.69, 9.17) is 5.73 Å². The maximum absolute atomic E-state index is 13.3. The van der Waals surface area contributed by atoms with Gasteiger partial charge in [-0.3, -0.25) is 5.10 Å². The monoisotopic (exact) mass is 261 g/mol. The van der Waals surface area contributed by atoms with Crippen LogP contribution in [0.3, 0.4) is 0 Å². The number of halogens is 2. The van der Waals surface area contributed by atoms with E-state index in [0.29, 0.717) is 5.69 Å². The third-order valence-electron chi connectivity index (χ3n) is 1.58. The summed E-state index contributed by atoms with van der Waals surface area (Å²) in [5, 5.41) is 7.98. The number of nitrogen functional groups attached to an aromatic ring is 1. The zero-order chi connectivity index (χ0) is 9.42. The van der Waals surface area contributed by atoms with Crippen molar-refractivity contribution < 1.29 is 4.39 Å². The average molecular weight is 262 g/mol. The number of nitrogens with one attached hydrogen (secondary N) is 1. The molecule has 0 fully saturated rings. The van der Waals surface area contributed by atoms with Crippen LogP contribution in [-0.2, 0) is 0 Å². The SMILES string of the molecule is Nc1n[nH]c(-c2sccc2Br)c1F. The molecule has 3 nitrogen and oxygen atoms in total. The number of aromatic amines is 1. The minimum atomic E-state index is -0.497. The summed E-state index contributed by atoms with van der Waals surface area (Å²) >= 11 is 4.72. The van der Waals surface area contributed by atoms with E-state index >= 15 is 0 Å². The molecule has 2 aromatic rings. The van der Waals surface area contributed by atoms with Gasteiger partial charge < -0.3 is 5.73 Å². The summed E-state index contributed by atoms with van der Waals surface area (Å²) in [4.78, 5) is 0.765. The molecule has 2 aromatic heterocycles. The second kappa shape index (κ2) is 3.12. The number of H-pyrrole nitrogens is 1.